The van der Waals surface area contributed by atoms with Crippen molar-refractivity contribution in [2.75, 3.05) is 12.4 Å². The van der Waals surface area contributed by atoms with Gasteiger partial charge in [-0.1, -0.05) is 11.2 Å². The highest BCUT2D eigenvalue weighted by atomic mass is 16.5. The van der Waals surface area contributed by atoms with Crippen LogP contribution in [0.4, 0.5) is 6.01 Å². The fourth-order valence-corrected chi connectivity index (χ4v) is 2.18. The van der Waals surface area contributed by atoms with Crippen LogP contribution in [0, 0.1) is 6.92 Å². The van der Waals surface area contributed by atoms with Crippen molar-refractivity contribution in [3.63, 3.8) is 0 Å². The zero-order valence-corrected chi connectivity index (χ0v) is 12.9. The van der Waals surface area contributed by atoms with E-state index in [4.69, 9.17) is 9.15 Å². The lowest BCUT2D eigenvalue weighted by Gasteiger charge is -2.02. The molecule has 0 aliphatic heterocycles. The molecule has 0 aliphatic rings. The highest BCUT2D eigenvalue weighted by molar-refractivity contribution is 6.02. The Labute approximate surface area is 132 Å². The first-order chi connectivity index (χ1) is 11.1. The van der Waals surface area contributed by atoms with Gasteiger partial charge >= 0.3 is 6.01 Å². The van der Waals surface area contributed by atoms with Gasteiger partial charge in [-0.2, -0.15) is 5.10 Å². The smallest absolute Gasteiger partial charge is 0.322 e. The van der Waals surface area contributed by atoms with Crippen LogP contribution in [0.25, 0.3) is 11.5 Å². The number of ether oxygens (including phenoxy) is 1. The summed E-state index contributed by atoms with van der Waals surface area (Å²) in [5.74, 6) is 0.612. The summed E-state index contributed by atoms with van der Waals surface area (Å²) in [4.78, 5) is 12.2. The lowest BCUT2D eigenvalue weighted by molar-refractivity contribution is 0.101. The van der Waals surface area contributed by atoms with Gasteiger partial charge in [-0.3, -0.25) is 14.8 Å². The second-order valence-electron chi connectivity index (χ2n) is 4.90. The fourth-order valence-electron chi connectivity index (χ4n) is 2.18. The van der Waals surface area contributed by atoms with Crippen LogP contribution in [-0.2, 0) is 7.05 Å². The molecule has 8 heteroatoms. The van der Waals surface area contributed by atoms with Crippen molar-refractivity contribution in [1.82, 2.24) is 20.0 Å². The highest BCUT2D eigenvalue weighted by Gasteiger charge is 2.17. The molecule has 1 amide bonds. The van der Waals surface area contributed by atoms with Crippen molar-refractivity contribution in [3.05, 3.63) is 41.7 Å². The van der Waals surface area contributed by atoms with E-state index < -0.39 is 0 Å². The molecule has 8 nitrogen and oxygen atoms in total. The number of nitrogens with zero attached hydrogens (tertiary/aromatic N) is 4. The molecule has 0 radical (unpaired) electrons. The molecule has 0 fully saturated rings. The first-order valence-corrected chi connectivity index (χ1v) is 6.86. The van der Waals surface area contributed by atoms with Crippen LogP contribution in [0.1, 0.15) is 16.1 Å². The average molecular weight is 313 g/mol. The van der Waals surface area contributed by atoms with E-state index in [0.717, 1.165) is 5.56 Å². The summed E-state index contributed by atoms with van der Waals surface area (Å²) in [7, 11) is 3.27. The third kappa shape index (κ3) is 2.91. The van der Waals surface area contributed by atoms with E-state index in [2.05, 4.69) is 20.6 Å². The average Bonchev–Trinajstić information content (AvgIpc) is 3.14. The van der Waals surface area contributed by atoms with Gasteiger partial charge in [0.15, 0.2) is 0 Å². The van der Waals surface area contributed by atoms with Gasteiger partial charge in [0.2, 0.25) is 5.89 Å². The Hall–Kier alpha value is -3.16. The Balaban J connectivity index is 1.81. The lowest BCUT2D eigenvalue weighted by Crippen LogP contribution is -2.17. The van der Waals surface area contributed by atoms with Gasteiger partial charge in [-0.15, -0.1) is 5.10 Å². The number of nitrogens with one attached hydrogen (secondary N) is 1. The van der Waals surface area contributed by atoms with Crippen molar-refractivity contribution in [1.29, 1.82) is 0 Å². The Morgan fingerprint density at radius 3 is 2.87 bits per heavy atom. The summed E-state index contributed by atoms with van der Waals surface area (Å²) in [6, 6.07) is 7.23. The molecule has 0 aliphatic carbocycles. The molecule has 2 aromatic heterocycles. The molecule has 0 unspecified atom stereocenters. The molecule has 0 spiro atoms. The summed E-state index contributed by atoms with van der Waals surface area (Å²) in [6.45, 7) is 1.80. The SMILES string of the molecule is COc1cccc(-c2nnc(NC(=O)c3c(C)cnn3C)o2)c1. The van der Waals surface area contributed by atoms with Gasteiger partial charge < -0.3 is 9.15 Å². The summed E-state index contributed by atoms with van der Waals surface area (Å²) < 4.78 is 12.1. The van der Waals surface area contributed by atoms with E-state index in [0.29, 0.717) is 22.9 Å². The minimum Gasteiger partial charge on any atom is -0.497 e. The van der Waals surface area contributed by atoms with Gasteiger partial charge in [0, 0.05) is 12.6 Å². The van der Waals surface area contributed by atoms with Crippen LogP contribution in [0.15, 0.2) is 34.9 Å². The van der Waals surface area contributed by atoms with E-state index in [-0.39, 0.29) is 11.9 Å². The number of aromatic nitrogens is 4. The minimum atomic E-state index is -0.358. The van der Waals surface area contributed by atoms with Crippen LogP contribution in [0.3, 0.4) is 0 Å². The first-order valence-electron chi connectivity index (χ1n) is 6.86. The zero-order chi connectivity index (χ0) is 16.4. The predicted molar refractivity (Wildman–Crippen MR) is 82.2 cm³/mol. The standard InChI is InChI=1S/C15H15N5O3/c1-9-8-16-20(2)12(9)13(21)17-15-19-18-14(23-15)10-5-4-6-11(7-10)22-3/h4-8H,1-3H3,(H,17,19,21). The van der Waals surface area contributed by atoms with Crippen LogP contribution in [0.2, 0.25) is 0 Å². The van der Waals surface area contributed by atoms with Gasteiger partial charge in [0.05, 0.1) is 13.3 Å². The molecule has 0 saturated carbocycles. The van der Waals surface area contributed by atoms with E-state index in [1.165, 1.54) is 4.68 Å². The minimum absolute atomic E-state index is 0.0217. The van der Waals surface area contributed by atoms with E-state index >= 15 is 0 Å². The number of aryl methyl sites for hydroxylation is 2. The topological polar surface area (TPSA) is 95.1 Å². The predicted octanol–water partition coefficient (Wildman–Crippen LogP) is 2.04. The van der Waals surface area contributed by atoms with Crippen LogP contribution < -0.4 is 10.1 Å². The highest BCUT2D eigenvalue weighted by Crippen LogP contribution is 2.24. The number of anilines is 1. The number of benzene rings is 1. The van der Waals surface area contributed by atoms with Crippen molar-refractivity contribution in [2.24, 2.45) is 7.05 Å². The Bertz CT molecular complexity index is 833. The number of hydrogen-bond acceptors (Lipinski definition) is 6. The van der Waals surface area contributed by atoms with Crippen molar-refractivity contribution in [3.8, 4) is 17.2 Å². The number of amides is 1. The van der Waals surface area contributed by atoms with Gasteiger partial charge in [0.1, 0.15) is 11.4 Å². The molecule has 1 aromatic carbocycles. The van der Waals surface area contributed by atoms with Gasteiger partial charge in [-0.05, 0) is 30.7 Å². The fraction of sp³-hybridized carbons (Fsp3) is 0.200. The molecular formula is C15H15N5O3. The number of hydrogen-bond donors (Lipinski definition) is 1. The molecule has 23 heavy (non-hydrogen) atoms. The molecule has 0 saturated heterocycles. The molecule has 1 N–H and O–H groups in total. The molecule has 118 valence electrons. The quantitative estimate of drug-likeness (QED) is 0.792. The third-order valence-electron chi connectivity index (χ3n) is 3.30. The second kappa shape index (κ2) is 5.91. The van der Waals surface area contributed by atoms with Gasteiger partial charge in [-0.25, -0.2) is 0 Å². The third-order valence-corrected chi connectivity index (χ3v) is 3.30. The molecule has 0 atom stereocenters. The van der Waals surface area contributed by atoms with E-state index in [1.54, 1.807) is 33.3 Å². The van der Waals surface area contributed by atoms with Crippen LogP contribution in [-0.4, -0.2) is 33.0 Å². The van der Waals surface area contributed by atoms with Crippen molar-refractivity contribution < 1.29 is 13.9 Å². The summed E-state index contributed by atoms with van der Waals surface area (Å²) in [5, 5.41) is 14.4. The maximum absolute atomic E-state index is 12.2. The number of carbonyl (C=O) groups excluding carboxylic acids is 1. The molecule has 3 aromatic rings. The van der Waals surface area contributed by atoms with Crippen LogP contribution in [0.5, 0.6) is 5.75 Å². The lowest BCUT2D eigenvalue weighted by atomic mass is 10.2. The normalized spacial score (nSPS) is 10.6. The van der Waals surface area contributed by atoms with E-state index in [1.807, 2.05) is 18.2 Å². The summed E-state index contributed by atoms with van der Waals surface area (Å²) >= 11 is 0. The maximum Gasteiger partial charge on any atom is 0.322 e. The Morgan fingerprint density at radius 2 is 2.17 bits per heavy atom. The monoisotopic (exact) mass is 313 g/mol. The number of carbonyl (C=O) groups is 1. The first kappa shape index (κ1) is 14.8. The number of methoxy groups -OCH3 is 1. The summed E-state index contributed by atoms with van der Waals surface area (Å²) in [5.41, 5.74) is 1.90. The zero-order valence-electron chi connectivity index (χ0n) is 12.9. The maximum atomic E-state index is 12.2. The number of rotatable bonds is 4. The molecule has 3 rings (SSSR count). The molecular weight excluding hydrogens is 298 g/mol. The van der Waals surface area contributed by atoms with Crippen molar-refractivity contribution >= 4 is 11.9 Å². The Kier molecular flexibility index (Phi) is 3.80. The summed E-state index contributed by atoms with van der Waals surface area (Å²) in [6.07, 6.45) is 1.62. The van der Waals surface area contributed by atoms with Crippen LogP contribution >= 0.6 is 0 Å². The second-order valence-corrected chi connectivity index (χ2v) is 4.90. The largest absolute Gasteiger partial charge is 0.497 e. The van der Waals surface area contributed by atoms with Gasteiger partial charge in [0.25, 0.3) is 5.91 Å². The Morgan fingerprint density at radius 1 is 1.35 bits per heavy atom. The van der Waals surface area contributed by atoms with E-state index in [9.17, 15) is 4.79 Å². The molecule has 2 heterocycles. The van der Waals surface area contributed by atoms with Crippen molar-refractivity contribution in [2.45, 2.75) is 6.92 Å². The molecule has 0 bridgehead atoms.